The summed E-state index contributed by atoms with van der Waals surface area (Å²) in [4.78, 5) is 27.6. The molecule has 3 amide bonds. The summed E-state index contributed by atoms with van der Waals surface area (Å²) in [7, 11) is -0.572. The molecule has 1 N–H and O–H groups in total. The van der Waals surface area contributed by atoms with Gasteiger partial charge in [0.2, 0.25) is 15.9 Å². The number of likely N-dealkylation sites (N-methyl/N-ethyl adjacent to an activating group) is 1. The first-order valence-electron chi connectivity index (χ1n) is 9.29. The molecule has 3 fully saturated rings. The first kappa shape index (κ1) is 20.0. The number of ether oxygens (including phenoxy) is 1. The maximum atomic E-state index is 13.1. The summed E-state index contributed by atoms with van der Waals surface area (Å²) in [5.41, 5.74) is -0.601. The van der Waals surface area contributed by atoms with Gasteiger partial charge in [0, 0.05) is 32.9 Å². The third kappa shape index (κ3) is 3.47. The molecule has 0 radical (unpaired) electrons. The van der Waals surface area contributed by atoms with Gasteiger partial charge in [-0.05, 0) is 30.7 Å². The summed E-state index contributed by atoms with van der Waals surface area (Å²) in [5, 5.41) is 1.93. The van der Waals surface area contributed by atoms with Crippen molar-refractivity contribution in [1.29, 1.82) is 0 Å². The van der Waals surface area contributed by atoms with Crippen molar-refractivity contribution in [3.63, 3.8) is 0 Å². The zero-order chi connectivity index (χ0) is 21.0. The number of nitrogens with zero attached hydrogens (tertiary/aromatic N) is 3. The molecular weight excluding hydrogens is 403 g/mol. The van der Waals surface area contributed by atoms with Crippen molar-refractivity contribution < 1.29 is 27.1 Å². The van der Waals surface area contributed by atoms with Crippen LogP contribution < -0.4 is 5.32 Å². The van der Waals surface area contributed by atoms with Crippen LogP contribution >= 0.6 is 0 Å². The predicted octanol–water partition coefficient (Wildman–Crippen LogP) is 0.303. The second kappa shape index (κ2) is 6.92. The number of halogens is 1. The van der Waals surface area contributed by atoms with Crippen LogP contribution in [0, 0.1) is 5.82 Å². The topological polar surface area (TPSA) is 99.3 Å². The van der Waals surface area contributed by atoms with Crippen LogP contribution in [0.2, 0.25) is 0 Å². The van der Waals surface area contributed by atoms with Gasteiger partial charge >= 0.3 is 6.03 Å². The molecule has 0 aromatic heterocycles. The van der Waals surface area contributed by atoms with E-state index in [2.05, 4.69) is 5.32 Å². The third-order valence-electron chi connectivity index (χ3n) is 5.70. The van der Waals surface area contributed by atoms with Gasteiger partial charge in [0.05, 0.1) is 19.2 Å². The van der Waals surface area contributed by atoms with E-state index in [1.54, 1.807) is 14.1 Å². The highest BCUT2D eigenvalue weighted by atomic mass is 32.2. The molecule has 3 heterocycles. The lowest BCUT2D eigenvalue weighted by atomic mass is 9.99. The molecule has 0 aliphatic carbocycles. The zero-order valence-electron chi connectivity index (χ0n) is 16.2. The van der Waals surface area contributed by atoms with Crippen LogP contribution in [0.4, 0.5) is 14.9 Å². The molecule has 3 aliphatic rings. The van der Waals surface area contributed by atoms with Crippen LogP contribution in [0.3, 0.4) is 0 Å². The number of amides is 3. The van der Waals surface area contributed by atoms with Crippen LogP contribution in [-0.2, 0) is 19.6 Å². The average molecular weight is 426 g/mol. The largest absolute Gasteiger partial charge is 0.365 e. The molecule has 0 saturated carbocycles. The molecule has 9 nitrogen and oxygen atoms in total. The number of nitrogens with one attached hydrogen (secondary N) is 1. The van der Waals surface area contributed by atoms with Gasteiger partial charge in [0.1, 0.15) is 16.7 Å². The summed E-state index contributed by atoms with van der Waals surface area (Å²) in [6.45, 7) is 0.171. The standard InChI is InChI=1S/C18H23FN4O5S/c1-21(2)16(24)9-23-11-18-10-22(8-14(28-18)7-15(18)29(23,26)27)17(25)20-13-5-3-12(19)4-6-13/h3-6,14-15H,7-11H2,1-2H3,(H,20,25)/t14-,15+,18+/m1/s1. The van der Waals surface area contributed by atoms with Gasteiger partial charge in [-0.3, -0.25) is 4.79 Å². The van der Waals surface area contributed by atoms with E-state index in [9.17, 15) is 22.4 Å². The number of carbonyl (C=O) groups is 2. The molecule has 11 heteroatoms. The molecule has 1 aromatic rings. The summed E-state index contributed by atoms with van der Waals surface area (Å²) < 4.78 is 46.2. The van der Waals surface area contributed by atoms with Gasteiger partial charge < -0.3 is 19.9 Å². The number of rotatable bonds is 3. The first-order valence-corrected chi connectivity index (χ1v) is 10.8. The molecule has 29 heavy (non-hydrogen) atoms. The van der Waals surface area contributed by atoms with Crippen LogP contribution in [0.15, 0.2) is 24.3 Å². The van der Waals surface area contributed by atoms with Crippen molar-refractivity contribution in [3.05, 3.63) is 30.1 Å². The van der Waals surface area contributed by atoms with Crippen LogP contribution in [0.1, 0.15) is 6.42 Å². The van der Waals surface area contributed by atoms with Crippen molar-refractivity contribution in [2.45, 2.75) is 23.4 Å². The van der Waals surface area contributed by atoms with Gasteiger partial charge in [-0.25, -0.2) is 17.6 Å². The number of benzene rings is 1. The Morgan fingerprint density at radius 3 is 2.62 bits per heavy atom. The van der Waals surface area contributed by atoms with Gasteiger partial charge in [-0.1, -0.05) is 0 Å². The number of hydrogen-bond acceptors (Lipinski definition) is 5. The maximum absolute atomic E-state index is 13.1. The maximum Gasteiger partial charge on any atom is 0.322 e. The normalized spacial score (nSPS) is 30.1. The van der Waals surface area contributed by atoms with E-state index in [4.69, 9.17) is 4.74 Å². The Morgan fingerprint density at radius 1 is 1.28 bits per heavy atom. The molecule has 158 valence electrons. The van der Waals surface area contributed by atoms with Crippen molar-refractivity contribution in [2.24, 2.45) is 0 Å². The third-order valence-corrected chi connectivity index (χ3v) is 8.02. The minimum absolute atomic E-state index is 0.0381. The molecule has 3 aliphatic heterocycles. The SMILES string of the molecule is CN(C)C(=O)CN1C[C@@]23CN(C(=O)Nc4ccc(F)cc4)C[C@@H](C[C@@H]2S1(=O)=O)O3. The van der Waals surface area contributed by atoms with Crippen LogP contribution in [-0.4, -0.2) is 91.7 Å². The van der Waals surface area contributed by atoms with Crippen LogP contribution in [0.25, 0.3) is 0 Å². The molecule has 1 aromatic carbocycles. The monoisotopic (exact) mass is 426 g/mol. The number of urea groups is 1. The first-order chi connectivity index (χ1) is 13.6. The summed E-state index contributed by atoms with van der Waals surface area (Å²) in [6, 6.07) is 5.01. The molecule has 3 saturated heterocycles. The number of carbonyl (C=O) groups excluding carboxylic acids is 2. The molecule has 0 unspecified atom stereocenters. The van der Waals surface area contributed by atoms with Gasteiger partial charge in [-0.2, -0.15) is 4.31 Å². The van der Waals surface area contributed by atoms with Crippen molar-refractivity contribution in [1.82, 2.24) is 14.1 Å². The number of morpholine rings is 1. The highest BCUT2D eigenvalue weighted by Gasteiger charge is 2.65. The van der Waals surface area contributed by atoms with E-state index < -0.39 is 32.7 Å². The van der Waals surface area contributed by atoms with Crippen molar-refractivity contribution >= 4 is 27.6 Å². The summed E-state index contributed by atoms with van der Waals surface area (Å²) in [6.07, 6.45) is -0.0934. The Kier molecular flexibility index (Phi) is 4.79. The molecular formula is C18H23FN4O5S. The minimum Gasteiger partial charge on any atom is -0.365 e. The van der Waals surface area contributed by atoms with E-state index in [1.165, 1.54) is 34.1 Å². The van der Waals surface area contributed by atoms with E-state index in [0.717, 1.165) is 4.31 Å². The second-order valence-electron chi connectivity index (χ2n) is 7.95. The van der Waals surface area contributed by atoms with E-state index in [0.29, 0.717) is 5.69 Å². The fourth-order valence-electron chi connectivity index (χ4n) is 4.27. The Labute approximate surface area is 168 Å². The van der Waals surface area contributed by atoms with E-state index >= 15 is 0 Å². The molecule has 4 rings (SSSR count). The highest BCUT2D eigenvalue weighted by molar-refractivity contribution is 7.90. The van der Waals surface area contributed by atoms with Crippen LogP contribution in [0.5, 0.6) is 0 Å². The number of sulfonamides is 1. The minimum atomic E-state index is -3.71. The number of anilines is 1. The highest BCUT2D eigenvalue weighted by Crippen LogP contribution is 2.46. The lowest BCUT2D eigenvalue weighted by Gasteiger charge is -2.39. The van der Waals surface area contributed by atoms with Crippen molar-refractivity contribution in [3.8, 4) is 0 Å². The molecule has 3 atom stereocenters. The number of fused-ring (bicyclic) bond motifs is 1. The van der Waals surface area contributed by atoms with E-state index in [-0.39, 0.29) is 44.6 Å². The Balaban J connectivity index is 1.51. The lowest BCUT2D eigenvalue weighted by Crippen LogP contribution is -2.57. The van der Waals surface area contributed by atoms with E-state index in [1.807, 2.05) is 0 Å². The zero-order valence-corrected chi connectivity index (χ0v) is 17.0. The van der Waals surface area contributed by atoms with Gasteiger partial charge in [0.25, 0.3) is 0 Å². The second-order valence-corrected chi connectivity index (χ2v) is 10.1. The summed E-state index contributed by atoms with van der Waals surface area (Å²) >= 11 is 0. The lowest BCUT2D eigenvalue weighted by molar-refractivity contribution is -0.130. The smallest absolute Gasteiger partial charge is 0.322 e. The fourth-order valence-corrected chi connectivity index (χ4v) is 6.53. The van der Waals surface area contributed by atoms with Crippen molar-refractivity contribution in [2.75, 3.05) is 45.6 Å². The summed E-state index contributed by atoms with van der Waals surface area (Å²) in [5.74, 6) is -0.721. The molecule has 1 spiro atoms. The van der Waals surface area contributed by atoms with Gasteiger partial charge in [-0.15, -0.1) is 0 Å². The van der Waals surface area contributed by atoms with Gasteiger partial charge in [0.15, 0.2) is 0 Å². The molecule has 2 bridgehead atoms. The number of likely N-dealkylation sites (tertiary alicyclic amines) is 1. The Morgan fingerprint density at radius 2 is 1.97 bits per heavy atom. The average Bonchev–Trinajstić information content (AvgIpc) is 3.02. The fraction of sp³-hybridized carbons (Fsp3) is 0.556. The Bertz CT molecular complexity index is 938. The number of hydrogen-bond donors (Lipinski definition) is 1. The Hall–Kier alpha value is -2.24. The predicted molar refractivity (Wildman–Crippen MR) is 102 cm³/mol. The quantitative estimate of drug-likeness (QED) is 0.750.